The van der Waals surface area contributed by atoms with Crippen molar-refractivity contribution in [3.05, 3.63) is 18.3 Å². The van der Waals surface area contributed by atoms with Crippen molar-refractivity contribution in [1.82, 2.24) is 4.98 Å². The molecular weight excluding hydrogens is 237 g/mol. The van der Waals surface area contributed by atoms with Gasteiger partial charge in [-0.25, -0.2) is 18.5 Å². The molecule has 15 heavy (non-hydrogen) atoms. The summed E-state index contributed by atoms with van der Waals surface area (Å²) < 4.78 is 60.5. The summed E-state index contributed by atoms with van der Waals surface area (Å²) in [7, 11) is -4.34. The normalized spacial score (nSPS) is 12.5. The number of aromatic nitrogens is 1. The number of pyridine rings is 1. The fourth-order valence-corrected chi connectivity index (χ4v) is 1.39. The molecule has 84 valence electrons. The van der Waals surface area contributed by atoms with Crippen LogP contribution in [0, 0.1) is 0 Å². The van der Waals surface area contributed by atoms with E-state index in [0.717, 1.165) is 18.3 Å². The molecule has 0 saturated heterocycles. The number of halogens is 3. The lowest BCUT2D eigenvalue weighted by Crippen LogP contribution is -2.21. The van der Waals surface area contributed by atoms with Crippen LogP contribution in [0.1, 0.15) is 0 Å². The van der Waals surface area contributed by atoms with Crippen LogP contribution in [0.25, 0.3) is 0 Å². The number of primary sulfonamides is 1. The first kappa shape index (κ1) is 11.7. The van der Waals surface area contributed by atoms with Gasteiger partial charge in [0.1, 0.15) is 0 Å². The third-order valence-corrected chi connectivity index (χ3v) is 2.08. The first-order chi connectivity index (χ1) is 6.70. The van der Waals surface area contributed by atoms with Gasteiger partial charge in [-0.1, -0.05) is 0 Å². The van der Waals surface area contributed by atoms with Gasteiger partial charge in [0.05, 0.1) is 0 Å². The summed E-state index contributed by atoms with van der Waals surface area (Å²) in [6.07, 6.45) is -4.01. The highest BCUT2D eigenvalue weighted by Gasteiger charge is 2.33. The predicted molar refractivity (Wildman–Crippen MR) is 42.3 cm³/mol. The molecule has 1 aromatic heterocycles. The number of nitrogens with two attached hydrogens (primary N) is 1. The van der Waals surface area contributed by atoms with Crippen LogP contribution in [0.2, 0.25) is 0 Å². The van der Waals surface area contributed by atoms with Crippen molar-refractivity contribution in [3.63, 3.8) is 0 Å². The van der Waals surface area contributed by atoms with Gasteiger partial charge in [-0.05, 0) is 12.1 Å². The van der Waals surface area contributed by atoms with Gasteiger partial charge in [-0.15, -0.1) is 13.2 Å². The maximum absolute atomic E-state index is 11.8. The lowest BCUT2D eigenvalue weighted by Gasteiger charge is -2.10. The fraction of sp³-hybridized carbons (Fsp3) is 0.167. The van der Waals surface area contributed by atoms with Gasteiger partial charge in [0.25, 0.3) is 10.0 Å². The number of hydrogen-bond donors (Lipinski definition) is 1. The molecule has 0 aromatic carbocycles. The molecule has 1 heterocycles. The second-order valence-electron chi connectivity index (χ2n) is 2.40. The van der Waals surface area contributed by atoms with E-state index < -0.39 is 27.2 Å². The molecule has 1 aromatic rings. The lowest BCUT2D eigenvalue weighted by atomic mass is 10.5. The summed E-state index contributed by atoms with van der Waals surface area (Å²) in [5, 5.41) is 3.68. The second kappa shape index (κ2) is 3.66. The quantitative estimate of drug-likeness (QED) is 0.824. The van der Waals surface area contributed by atoms with Crippen molar-refractivity contribution < 1.29 is 26.3 Å². The Morgan fingerprint density at radius 2 is 2.00 bits per heavy atom. The van der Waals surface area contributed by atoms with E-state index in [4.69, 9.17) is 0 Å². The van der Waals surface area contributed by atoms with Gasteiger partial charge in [0, 0.05) is 6.20 Å². The molecule has 0 aliphatic heterocycles. The van der Waals surface area contributed by atoms with Crippen LogP contribution >= 0.6 is 0 Å². The molecule has 2 N–H and O–H groups in total. The standard InChI is InChI=1S/C6H5F3N2O3S/c7-6(8,9)14-4-2-1-3-11-5(4)15(10,12)13/h1-3H,(H2,10,12,13). The Kier molecular flexibility index (Phi) is 2.86. The molecule has 0 spiro atoms. The topological polar surface area (TPSA) is 82.3 Å². The monoisotopic (exact) mass is 242 g/mol. The van der Waals surface area contributed by atoms with E-state index in [9.17, 15) is 21.6 Å². The smallest absolute Gasteiger partial charge is 0.403 e. The highest BCUT2D eigenvalue weighted by atomic mass is 32.2. The van der Waals surface area contributed by atoms with E-state index in [2.05, 4.69) is 14.9 Å². The van der Waals surface area contributed by atoms with Crippen LogP contribution in [-0.2, 0) is 10.0 Å². The zero-order valence-corrected chi connectivity index (χ0v) is 7.84. The molecule has 0 bridgehead atoms. The highest BCUT2D eigenvalue weighted by Crippen LogP contribution is 2.26. The van der Waals surface area contributed by atoms with E-state index in [1.165, 1.54) is 0 Å². The van der Waals surface area contributed by atoms with E-state index in [-0.39, 0.29) is 0 Å². The number of rotatable bonds is 2. The van der Waals surface area contributed by atoms with E-state index in [1.807, 2.05) is 0 Å². The highest BCUT2D eigenvalue weighted by molar-refractivity contribution is 7.89. The minimum Gasteiger partial charge on any atom is -0.403 e. The summed E-state index contributed by atoms with van der Waals surface area (Å²) in [4.78, 5) is 3.20. The van der Waals surface area contributed by atoms with Crippen LogP contribution in [0.4, 0.5) is 13.2 Å². The molecule has 1 rings (SSSR count). The summed E-state index contributed by atoms with van der Waals surface area (Å²) in [6.45, 7) is 0. The van der Waals surface area contributed by atoms with Gasteiger partial charge >= 0.3 is 6.36 Å². The van der Waals surface area contributed by atoms with Crippen LogP contribution in [-0.4, -0.2) is 19.8 Å². The lowest BCUT2D eigenvalue weighted by molar-refractivity contribution is -0.275. The van der Waals surface area contributed by atoms with Crippen molar-refractivity contribution in [2.75, 3.05) is 0 Å². The Labute approximate surface area is 82.7 Å². The van der Waals surface area contributed by atoms with Crippen molar-refractivity contribution in [2.45, 2.75) is 11.4 Å². The van der Waals surface area contributed by atoms with Gasteiger partial charge < -0.3 is 4.74 Å². The third-order valence-electron chi connectivity index (χ3n) is 1.23. The number of nitrogens with zero attached hydrogens (tertiary/aromatic N) is 1. The Bertz CT molecular complexity index is 457. The molecule has 5 nitrogen and oxygen atoms in total. The largest absolute Gasteiger partial charge is 0.573 e. The molecule has 0 atom stereocenters. The van der Waals surface area contributed by atoms with Crippen LogP contribution < -0.4 is 9.88 Å². The Morgan fingerprint density at radius 1 is 1.40 bits per heavy atom. The average molecular weight is 242 g/mol. The van der Waals surface area contributed by atoms with Crippen LogP contribution in [0.15, 0.2) is 23.4 Å². The number of alkyl halides is 3. The molecule has 0 aliphatic rings. The summed E-state index contributed by atoms with van der Waals surface area (Å²) in [6, 6.07) is 1.90. The molecule has 0 unspecified atom stereocenters. The van der Waals surface area contributed by atoms with Crippen molar-refractivity contribution in [2.24, 2.45) is 5.14 Å². The van der Waals surface area contributed by atoms with E-state index >= 15 is 0 Å². The Hall–Kier alpha value is -1.35. The van der Waals surface area contributed by atoms with Crippen molar-refractivity contribution >= 4 is 10.0 Å². The first-order valence-electron chi connectivity index (χ1n) is 3.44. The van der Waals surface area contributed by atoms with Crippen molar-refractivity contribution in [1.29, 1.82) is 0 Å². The zero-order valence-electron chi connectivity index (χ0n) is 7.02. The summed E-state index contributed by atoms with van der Waals surface area (Å²) in [5.41, 5.74) is 0. The van der Waals surface area contributed by atoms with Gasteiger partial charge in [0.2, 0.25) is 5.03 Å². The van der Waals surface area contributed by atoms with Crippen LogP contribution in [0.3, 0.4) is 0 Å². The van der Waals surface area contributed by atoms with Crippen molar-refractivity contribution in [3.8, 4) is 5.75 Å². The maximum atomic E-state index is 11.8. The Morgan fingerprint density at radius 3 is 2.47 bits per heavy atom. The third kappa shape index (κ3) is 3.36. The van der Waals surface area contributed by atoms with Gasteiger partial charge in [0.15, 0.2) is 5.75 Å². The molecule has 0 fully saturated rings. The van der Waals surface area contributed by atoms with Crippen LogP contribution in [0.5, 0.6) is 5.75 Å². The molecular formula is C6H5F3N2O3S. The fourth-order valence-electron chi connectivity index (χ4n) is 0.792. The summed E-state index contributed by atoms with van der Waals surface area (Å²) >= 11 is 0. The number of sulfonamides is 1. The second-order valence-corrected chi connectivity index (χ2v) is 3.88. The van der Waals surface area contributed by atoms with E-state index in [1.54, 1.807) is 0 Å². The van der Waals surface area contributed by atoms with Gasteiger partial charge in [-0.3, -0.25) is 0 Å². The Balaban J connectivity index is 3.20. The molecule has 0 aliphatic carbocycles. The molecule has 0 radical (unpaired) electrons. The SMILES string of the molecule is NS(=O)(=O)c1ncccc1OC(F)(F)F. The predicted octanol–water partition coefficient (Wildman–Crippen LogP) is 0.628. The minimum atomic E-state index is -5.00. The molecule has 0 amide bonds. The maximum Gasteiger partial charge on any atom is 0.573 e. The minimum absolute atomic E-state index is 0.806. The summed E-state index contributed by atoms with van der Waals surface area (Å²) in [5.74, 6) is -0.951. The first-order valence-corrected chi connectivity index (χ1v) is 4.98. The van der Waals surface area contributed by atoms with Gasteiger partial charge in [-0.2, -0.15) is 0 Å². The zero-order chi connectivity index (χ0) is 11.7. The average Bonchev–Trinajstić information content (AvgIpc) is 1.99. The number of hydrogen-bond acceptors (Lipinski definition) is 4. The number of ether oxygens (including phenoxy) is 1. The van der Waals surface area contributed by atoms with E-state index in [0.29, 0.717) is 0 Å². The molecule has 9 heteroatoms. The molecule has 0 saturated carbocycles.